The summed E-state index contributed by atoms with van der Waals surface area (Å²) in [5, 5.41) is 32.5. The van der Waals surface area contributed by atoms with Crippen molar-refractivity contribution in [1.82, 2.24) is 0 Å². The van der Waals surface area contributed by atoms with E-state index in [9.17, 15) is 9.59 Å². The van der Waals surface area contributed by atoms with E-state index >= 15 is 0 Å². The van der Waals surface area contributed by atoms with Gasteiger partial charge in [-0.25, -0.2) is 9.59 Å². The van der Waals surface area contributed by atoms with E-state index in [1.165, 1.54) is 0 Å². The number of aliphatic hydroxyl groups excluding tert-OH is 2. The number of carboxylic acids is 2. The molecule has 0 saturated carbocycles. The minimum atomic E-state index is -2.27. The number of aliphatic carboxylic acids is 2. The Balaban J connectivity index is 0. The van der Waals surface area contributed by atoms with Gasteiger partial charge in [0.1, 0.15) is 0 Å². The Morgan fingerprint density at radius 1 is 0.909 bits per heavy atom. The second kappa shape index (κ2) is 5.39. The Kier molecular flexibility index (Phi) is 6.53. The SMILES string of the molecule is O=C(O)[C@H](O)[C@@H](O)C(=O)O.[In]. The third-order valence-corrected chi connectivity index (χ3v) is 0.805. The third-order valence-electron chi connectivity index (χ3n) is 0.805. The average Bonchev–Trinajstić information content (AvgIpc) is 1.84. The summed E-state index contributed by atoms with van der Waals surface area (Å²) in [5.41, 5.74) is 0. The van der Waals surface area contributed by atoms with Gasteiger partial charge in [0.15, 0.2) is 12.2 Å². The van der Waals surface area contributed by atoms with Crippen molar-refractivity contribution in [3.8, 4) is 0 Å². The van der Waals surface area contributed by atoms with Crippen LogP contribution in [0.15, 0.2) is 0 Å². The molecule has 0 unspecified atom stereocenters. The van der Waals surface area contributed by atoms with Crippen molar-refractivity contribution in [2.45, 2.75) is 12.2 Å². The van der Waals surface area contributed by atoms with Crippen molar-refractivity contribution in [3.05, 3.63) is 0 Å². The van der Waals surface area contributed by atoms with Gasteiger partial charge in [0.05, 0.1) is 0 Å². The fourth-order valence-corrected chi connectivity index (χ4v) is 0.270. The zero-order valence-electron chi connectivity index (χ0n) is 5.34. The largest absolute Gasteiger partial charge is 0.479 e. The van der Waals surface area contributed by atoms with E-state index in [-0.39, 0.29) is 25.8 Å². The van der Waals surface area contributed by atoms with E-state index in [2.05, 4.69) is 0 Å². The molecule has 0 aliphatic rings. The molecule has 2 atom stereocenters. The molecule has 0 aliphatic heterocycles. The van der Waals surface area contributed by atoms with Gasteiger partial charge >= 0.3 is 11.9 Å². The Labute approximate surface area is 80.2 Å². The molecule has 0 amide bonds. The monoisotopic (exact) mass is 265 g/mol. The summed E-state index contributed by atoms with van der Waals surface area (Å²) in [6.45, 7) is 0. The molecule has 0 aliphatic carbocycles. The van der Waals surface area contributed by atoms with Gasteiger partial charge in [0.2, 0.25) is 0 Å². The summed E-state index contributed by atoms with van der Waals surface area (Å²) in [4.78, 5) is 19.5. The third kappa shape index (κ3) is 4.23. The van der Waals surface area contributed by atoms with Crippen LogP contribution in [0.3, 0.4) is 0 Å². The van der Waals surface area contributed by atoms with Crippen molar-refractivity contribution < 1.29 is 30.0 Å². The van der Waals surface area contributed by atoms with Gasteiger partial charge in [0, 0.05) is 25.8 Å². The van der Waals surface area contributed by atoms with Gasteiger partial charge in [-0.1, -0.05) is 0 Å². The topological polar surface area (TPSA) is 115 Å². The van der Waals surface area contributed by atoms with Crippen LogP contribution in [0.4, 0.5) is 0 Å². The van der Waals surface area contributed by atoms with E-state index in [0.29, 0.717) is 0 Å². The second-order valence-electron chi connectivity index (χ2n) is 1.57. The first-order valence-electron chi connectivity index (χ1n) is 2.28. The molecule has 0 fully saturated rings. The van der Waals surface area contributed by atoms with Gasteiger partial charge in [-0.2, -0.15) is 0 Å². The van der Waals surface area contributed by atoms with Gasteiger partial charge in [-0.05, 0) is 0 Å². The molecule has 0 aromatic carbocycles. The molecule has 0 bridgehead atoms. The summed E-state index contributed by atoms with van der Waals surface area (Å²) in [6.07, 6.45) is -4.53. The van der Waals surface area contributed by atoms with Crippen LogP contribution in [0.1, 0.15) is 0 Å². The number of carboxylic acid groups (broad SMARTS) is 2. The molecule has 3 radical (unpaired) electrons. The molecule has 0 aromatic rings. The quantitative estimate of drug-likeness (QED) is 0.448. The van der Waals surface area contributed by atoms with Crippen molar-refractivity contribution in [1.29, 1.82) is 0 Å². The molecule has 0 spiro atoms. The van der Waals surface area contributed by atoms with Crippen LogP contribution in [0, 0.1) is 0 Å². The van der Waals surface area contributed by atoms with Crippen LogP contribution in [-0.2, 0) is 9.59 Å². The van der Waals surface area contributed by atoms with Crippen LogP contribution in [0.2, 0.25) is 0 Å². The zero-order chi connectivity index (χ0) is 8.31. The molecular weight excluding hydrogens is 259 g/mol. The van der Waals surface area contributed by atoms with Crippen molar-refractivity contribution in [2.24, 2.45) is 0 Å². The predicted octanol–water partition coefficient (Wildman–Crippen LogP) is -2.50. The number of carbonyl (C=O) groups is 2. The molecule has 11 heavy (non-hydrogen) atoms. The Bertz CT molecular complexity index is 139. The first-order chi connectivity index (χ1) is 4.46. The van der Waals surface area contributed by atoms with Gasteiger partial charge in [-0.15, -0.1) is 0 Å². The van der Waals surface area contributed by atoms with E-state index in [0.717, 1.165) is 0 Å². The predicted molar refractivity (Wildman–Crippen MR) is 33.0 cm³/mol. The normalized spacial score (nSPS) is 14.4. The zero-order valence-corrected chi connectivity index (χ0v) is 8.63. The molecule has 0 rings (SSSR count). The molecule has 0 heterocycles. The van der Waals surface area contributed by atoms with E-state index in [1.54, 1.807) is 0 Å². The number of hydrogen-bond donors (Lipinski definition) is 4. The number of rotatable bonds is 3. The van der Waals surface area contributed by atoms with E-state index < -0.39 is 24.1 Å². The Hall–Kier alpha value is -0.270. The molecule has 61 valence electrons. The van der Waals surface area contributed by atoms with Crippen LogP contribution in [-0.4, -0.2) is 70.4 Å². The Morgan fingerprint density at radius 3 is 1.18 bits per heavy atom. The van der Waals surface area contributed by atoms with E-state index in [1.807, 2.05) is 0 Å². The van der Waals surface area contributed by atoms with Crippen molar-refractivity contribution in [2.75, 3.05) is 0 Å². The summed E-state index contributed by atoms with van der Waals surface area (Å²) in [5.74, 6) is -3.54. The average molecular weight is 265 g/mol. The van der Waals surface area contributed by atoms with E-state index in [4.69, 9.17) is 20.4 Å². The standard InChI is InChI=1S/C4H6O6.In/c5-1(3(7)8)2(6)4(9)10;/h1-2,5-6H,(H,7,8)(H,9,10);/t1-,2-;/m1./s1. The van der Waals surface area contributed by atoms with Crippen LogP contribution in [0.25, 0.3) is 0 Å². The van der Waals surface area contributed by atoms with Gasteiger partial charge < -0.3 is 20.4 Å². The van der Waals surface area contributed by atoms with Crippen molar-refractivity contribution in [3.63, 3.8) is 0 Å². The maximum Gasteiger partial charge on any atom is 0.335 e. The van der Waals surface area contributed by atoms with Crippen molar-refractivity contribution >= 4 is 37.8 Å². The molecule has 4 N–H and O–H groups in total. The number of aliphatic hydroxyl groups is 2. The van der Waals surface area contributed by atoms with Gasteiger partial charge in [-0.3, -0.25) is 0 Å². The van der Waals surface area contributed by atoms with Crippen LogP contribution >= 0.6 is 0 Å². The summed E-state index contributed by atoms with van der Waals surface area (Å²) >= 11 is 0. The molecule has 6 nitrogen and oxygen atoms in total. The smallest absolute Gasteiger partial charge is 0.335 e. The fourth-order valence-electron chi connectivity index (χ4n) is 0.270. The maximum atomic E-state index is 9.77. The fraction of sp³-hybridized carbons (Fsp3) is 0.500. The minimum Gasteiger partial charge on any atom is -0.479 e. The maximum absolute atomic E-state index is 9.77. The van der Waals surface area contributed by atoms with Gasteiger partial charge in [0.25, 0.3) is 0 Å². The summed E-state index contributed by atoms with van der Waals surface area (Å²) in [6, 6.07) is 0. The summed E-state index contributed by atoms with van der Waals surface area (Å²) in [7, 11) is 0. The van der Waals surface area contributed by atoms with Crippen LogP contribution in [0.5, 0.6) is 0 Å². The minimum absolute atomic E-state index is 0. The van der Waals surface area contributed by atoms with Crippen LogP contribution < -0.4 is 0 Å². The Morgan fingerprint density at radius 2 is 1.09 bits per heavy atom. The first-order valence-corrected chi connectivity index (χ1v) is 2.28. The molecule has 7 heteroatoms. The first kappa shape index (κ1) is 13.3. The molecular formula is C4H6InO6. The second-order valence-corrected chi connectivity index (χ2v) is 1.57. The number of hydrogen-bond acceptors (Lipinski definition) is 4. The summed E-state index contributed by atoms with van der Waals surface area (Å²) < 4.78 is 0. The molecule has 0 saturated heterocycles. The molecule has 0 aromatic heterocycles.